The van der Waals surface area contributed by atoms with Crippen molar-refractivity contribution >= 4 is 22.4 Å². The summed E-state index contributed by atoms with van der Waals surface area (Å²) in [6.07, 6.45) is 0. The van der Waals surface area contributed by atoms with Crippen molar-refractivity contribution in [2.75, 3.05) is 0 Å². The average molecular weight is 394 g/mol. The van der Waals surface area contributed by atoms with Gasteiger partial charge in [-0.05, 0) is 29.0 Å². The number of fused-ring (bicyclic) bond motifs is 1. The molecule has 4 heteroatoms. The summed E-state index contributed by atoms with van der Waals surface area (Å²) < 4.78 is 0. The third-order valence-electron chi connectivity index (χ3n) is 4.79. The molecule has 0 aliphatic heterocycles. The lowest BCUT2D eigenvalue weighted by molar-refractivity contribution is 1.07. The van der Waals surface area contributed by atoms with Gasteiger partial charge in [-0.2, -0.15) is 0 Å². The first-order chi connectivity index (χ1) is 14.3. The Morgan fingerprint density at radius 3 is 1.90 bits per heavy atom. The van der Waals surface area contributed by atoms with Crippen LogP contribution in [0.5, 0.6) is 0 Å². The second kappa shape index (κ2) is 7.46. The molecule has 0 aliphatic rings. The van der Waals surface area contributed by atoms with Gasteiger partial charge in [-0.1, -0.05) is 90.5 Å². The Morgan fingerprint density at radius 2 is 1.10 bits per heavy atom. The molecule has 0 saturated heterocycles. The van der Waals surface area contributed by atoms with Crippen molar-refractivity contribution in [2.24, 2.45) is 0 Å². The van der Waals surface area contributed by atoms with Crippen molar-refractivity contribution in [2.45, 2.75) is 0 Å². The van der Waals surface area contributed by atoms with Crippen LogP contribution in [0, 0.1) is 0 Å². The van der Waals surface area contributed by atoms with E-state index in [4.69, 9.17) is 26.6 Å². The molecule has 29 heavy (non-hydrogen) atoms. The van der Waals surface area contributed by atoms with Crippen LogP contribution in [0.3, 0.4) is 0 Å². The molecule has 4 aromatic carbocycles. The van der Waals surface area contributed by atoms with E-state index in [9.17, 15) is 0 Å². The molecule has 5 rings (SSSR count). The number of hydrogen-bond donors (Lipinski definition) is 0. The zero-order valence-corrected chi connectivity index (χ0v) is 16.2. The highest BCUT2D eigenvalue weighted by Crippen LogP contribution is 2.29. The molecule has 138 valence electrons. The van der Waals surface area contributed by atoms with Gasteiger partial charge in [0.15, 0.2) is 17.5 Å². The van der Waals surface area contributed by atoms with Crippen LogP contribution in [0.2, 0.25) is 5.02 Å². The quantitative estimate of drug-likeness (QED) is 0.343. The molecule has 1 aromatic heterocycles. The second-order valence-corrected chi connectivity index (χ2v) is 7.12. The van der Waals surface area contributed by atoms with Crippen molar-refractivity contribution in [3.8, 4) is 34.2 Å². The van der Waals surface area contributed by atoms with Crippen molar-refractivity contribution in [1.82, 2.24) is 15.0 Å². The average Bonchev–Trinajstić information content (AvgIpc) is 2.79. The molecule has 0 amide bonds. The van der Waals surface area contributed by atoms with Crippen LogP contribution in [0.25, 0.3) is 44.9 Å². The van der Waals surface area contributed by atoms with Crippen molar-refractivity contribution in [3.05, 3.63) is 102 Å². The maximum atomic E-state index is 6.43. The van der Waals surface area contributed by atoms with E-state index in [2.05, 4.69) is 24.3 Å². The molecule has 1 heterocycles. The summed E-state index contributed by atoms with van der Waals surface area (Å²) in [6.45, 7) is 0. The molecule has 0 bridgehead atoms. The van der Waals surface area contributed by atoms with E-state index in [1.54, 1.807) is 0 Å². The van der Waals surface area contributed by atoms with Crippen LogP contribution in [0.15, 0.2) is 97.1 Å². The summed E-state index contributed by atoms with van der Waals surface area (Å²) in [5.74, 6) is 1.81. The fraction of sp³-hybridized carbons (Fsp3) is 0. The predicted octanol–water partition coefficient (Wildman–Crippen LogP) is 6.68. The van der Waals surface area contributed by atoms with Gasteiger partial charge in [0.2, 0.25) is 0 Å². The molecule has 0 unspecified atom stereocenters. The molecular formula is C25H16ClN3. The second-order valence-electron chi connectivity index (χ2n) is 6.71. The molecule has 3 nitrogen and oxygen atoms in total. The highest BCUT2D eigenvalue weighted by atomic mass is 35.5. The van der Waals surface area contributed by atoms with Crippen LogP contribution in [0.1, 0.15) is 0 Å². The standard InChI is InChI=1S/C25H16ClN3/c26-22-13-7-6-12-21(22)25-28-23(18-9-2-1-3-10-18)27-24(29-25)20-15-14-17-8-4-5-11-19(17)16-20/h1-16H. The van der Waals surface area contributed by atoms with Crippen LogP contribution in [-0.2, 0) is 0 Å². The van der Waals surface area contributed by atoms with Gasteiger partial charge >= 0.3 is 0 Å². The molecule has 0 saturated carbocycles. The smallest absolute Gasteiger partial charge is 0.165 e. The number of halogens is 1. The lowest BCUT2D eigenvalue weighted by atomic mass is 10.1. The number of hydrogen-bond acceptors (Lipinski definition) is 3. The molecule has 0 N–H and O–H groups in total. The van der Waals surface area contributed by atoms with Gasteiger partial charge in [0.1, 0.15) is 0 Å². The van der Waals surface area contributed by atoms with Crippen LogP contribution < -0.4 is 0 Å². The van der Waals surface area contributed by atoms with Gasteiger partial charge in [-0.3, -0.25) is 0 Å². The highest BCUT2D eigenvalue weighted by Gasteiger charge is 2.14. The zero-order valence-electron chi connectivity index (χ0n) is 15.5. The van der Waals surface area contributed by atoms with E-state index in [0.29, 0.717) is 22.5 Å². The third-order valence-corrected chi connectivity index (χ3v) is 5.12. The van der Waals surface area contributed by atoms with Crippen LogP contribution in [0.4, 0.5) is 0 Å². The highest BCUT2D eigenvalue weighted by molar-refractivity contribution is 6.33. The van der Waals surface area contributed by atoms with Gasteiger partial charge in [0, 0.05) is 16.7 Å². The third kappa shape index (κ3) is 3.48. The van der Waals surface area contributed by atoms with Gasteiger partial charge in [0.25, 0.3) is 0 Å². The molecule has 5 aromatic rings. The Kier molecular flexibility index (Phi) is 4.51. The first kappa shape index (κ1) is 17.5. The lowest BCUT2D eigenvalue weighted by Gasteiger charge is -2.09. The molecule has 0 aliphatic carbocycles. The molecule has 0 atom stereocenters. The van der Waals surface area contributed by atoms with E-state index in [-0.39, 0.29) is 0 Å². The fourth-order valence-electron chi connectivity index (χ4n) is 3.31. The summed E-state index contributed by atoms with van der Waals surface area (Å²) in [7, 11) is 0. The van der Waals surface area contributed by atoms with Gasteiger partial charge in [-0.15, -0.1) is 0 Å². The minimum absolute atomic E-state index is 0.563. The summed E-state index contributed by atoms with van der Waals surface area (Å²) >= 11 is 6.43. The Labute approximate surface area is 173 Å². The van der Waals surface area contributed by atoms with Crippen LogP contribution >= 0.6 is 11.6 Å². The monoisotopic (exact) mass is 393 g/mol. The fourth-order valence-corrected chi connectivity index (χ4v) is 3.53. The minimum atomic E-state index is 0.563. The summed E-state index contributed by atoms with van der Waals surface area (Å²) in [5, 5.41) is 2.94. The predicted molar refractivity (Wildman–Crippen MR) is 119 cm³/mol. The first-order valence-electron chi connectivity index (χ1n) is 9.33. The maximum Gasteiger partial charge on any atom is 0.165 e. The first-order valence-corrected chi connectivity index (χ1v) is 9.71. The van der Waals surface area contributed by atoms with Crippen molar-refractivity contribution in [1.29, 1.82) is 0 Å². The summed E-state index contributed by atoms with van der Waals surface area (Å²) in [5.41, 5.74) is 2.66. The van der Waals surface area contributed by atoms with Crippen molar-refractivity contribution < 1.29 is 0 Å². The van der Waals surface area contributed by atoms with E-state index in [1.165, 1.54) is 5.39 Å². The van der Waals surface area contributed by atoms with E-state index in [0.717, 1.165) is 22.1 Å². The number of rotatable bonds is 3. The van der Waals surface area contributed by atoms with E-state index < -0.39 is 0 Å². The van der Waals surface area contributed by atoms with Gasteiger partial charge in [0.05, 0.1) is 5.02 Å². The Balaban J connectivity index is 1.73. The maximum absolute atomic E-state index is 6.43. The van der Waals surface area contributed by atoms with Crippen LogP contribution in [-0.4, -0.2) is 15.0 Å². The minimum Gasteiger partial charge on any atom is -0.208 e. The summed E-state index contributed by atoms with van der Waals surface area (Å²) in [4.78, 5) is 14.2. The van der Waals surface area contributed by atoms with Crippen molar-refractivity contribution in [3.63, 3.8) is 0 Å². The number of nitrogens with zero attached hydrogens (tertiary/aromatic N) is 3. The molecular weight excluding hydrogens is 378 g/mol. The summed E-state index contributed by atoms with van der Waals surface area (Å²) in [6, 6.07) is 32.0. The number of aromatic nitrogens is 3. The topological polar surface area (TPSA) is 38.7 Å². The lowest BCUT2D eigenvalue weighted by Crippen LogP contribution is -2.00. The van der Waals surface area contributed by atoms with E-state index in [1.807, 2.05) is 72.8 Å². The van der Waals surface area contributed by atoms with Gasteiger partial charge in [-0.25, -0.2) is 15.0 Å². The zero-order chi connectivity index (χ0) is 19.6. The number of benzene rings is 4. The SMILES string of the molecule is Clc1ccccc1-c1nc(-c2ccccc2)nc(-c2ccc3ccccc3c2)n1. The Morgan fingerprint density at radius 1 is 0.483 bits per heavy atom. The largest absolute Gasteiger partial charge is 0.208 e. The normalized spacial score (nSPS) is 10.9. The molecule has 0 radical (unpaired) electrons. The Hall–Kier alpha value is -3.56. The Bertz CT molecular complexity index is 1320. The van der Waals surface area contributed by atoms with Gasteiger partial charge < -0.3 is 0 Å². The molecule has 0 spiro atoms. The van der Waals surface area contributed by atoms with E-state index >= 15 is 0 Å². The molecule has 0 fully saturated rings.